The smallest absolute Gasteiger partial charge is 0.257 e. The minimum absolute atomic E-state index is 0.181. The second-order valence-corrected chi connectivity index (χ2v) is 6.14. The van der Waals surface area contributed by atoms with Crippen LogP contribution in [0, 0.1) is 6.92 Å². The number of aromatic nitrogens is 1. The zero-order valence-corrected chi connectivity index (χ0v) is 12.1. The van der Waals surface area contributed by atoms with E-state index >= 15 is 0 Å². The van der Waals surface area contributed by atoms with Crippen LogP contribution < -0.4 is 5.32 Å². The number of phenols is 1. The van der Waals surface area contributed by atoms with Gasteiger partial charge in [0.25, 0.3) is 5.91 Å². The first-order valence-corrected chi connectivity index (χ1v) is 7.54. The molecule has 2 aromatic rings. The van der Waals surface area contributed by atoms with Gasteiger partial charge in [0, 0.05) is 10.4 Å². The van der Waals surface area contributed by atoms with Gasteiger partial charge in [-0.2, -0.15) is 0 Å². The van der Waals surface area contributed by atoms with Crippen molar-refractivity contribution in [3.63, 3.8) is 0 Å². The number of anilines is 1. The minimum Gasteiger partial charge on any atom is -0.508 e. The lowest BCUT2D eigenvalue weighted by molar-refractivity contribution is 0.102. The zero-order chi connectivity index (χ0) is 14.1. The topological polar surface area (TPSA) is 62.2 Å². The maximum atomic E-state index is 12.2. The fraction of sp³-hybridized carbons (Fsp3) is 0.333. The van der Waals surface area contributed by atoms with E-state index in [-0.39, 0.29) is 11.7 Å². The summed E-state index contributed by atoms with van der Waals surface area (Å²) in [7, 11) is 0. The number of thiazole rings is 1. The van der Waals surface area contributed by atoms with E-state index in [0.29, 0.717) is 16.3 Å². The summed E-state index contributed by atoms with van der Waals surface area (Å²) in [6.45, 7) is 1.77. The highest BCUT2D eigenvalue weighted by Crippen LogP contribution is 2.29. The van der Waals surface area contributed by atoms with Crippen molar-refractivity contribution < 1.29 is 9.90 Å². The van der Waals surface area contributed by atoms with Crippen LogP contribution in [0.25, 0.3) is 0 Å². The van der Waals surface area contributed by atoms with E-state index in [9.17, 15) is 9.90 Å². The Kier molecular flexibility index (Phi) is 3.44. The molecule has 0 saturated carbocycles. The maximum Gasteiger partial charge on any atom is 0.257 e. The van der Waals surface area contributed by atoms with Crippen LogP contribution in [0.15, 0.2) is 18.2 Å². The van der Waals surface area contributed by atoms with Crippen LogP contribution in [-0.4, -0.2) is 16.0 Å². The Morgan fingerprint density at radius 2 is 2.15 bits per heavy atom. The number of rotatable bonds is 2. The fourth-order valence-electron chi connectivity index (χ4n) is 2.37. The second kappa shape index (κ2) is 5.25. The molecular weight excluding hydrogens is 272 g/mol. The van der Waals surface area contributed by atoms with Gasteiger partial charge in [0.15, 0.2) is 5.13 Å². The van der Waals surface area contributed by atoms with E-state index < -0.39 is 0 Å². The number of hydrogen-bond donors (Lipinski definition) is 2. The Morgan fingerprint density at radius 1 is 1.35 bits per heavy atom. The van der Waals surface area contributed by atoms with Gasteiger partial charge in [0.2, 0.25) is 0 Å². The summed E-state index contributed by atoms with van der Waals surface area (Å²) in [6, 6.07) is 4.83. The van der Waals surface area contributed by atoms with Crippen LogP contribution in [0.1, 0.15) is 39.3 Å². The first-order valence-electron chi connectivity index (χ1n) is 6.73. The number of carbonyl (C=O) groups is 1. The van der Waals surface area contributed by atoms with Gasteiger partial charge in [-0.15, -0.1) is 11.3 Å². The van der Waals surface area contributed by atoms with Gasteiger partial charge in [-0.05, 0) is 56.4 Å². The number of phenolic OH excluding ortho intramolecular Hbond substituents is 1. The molecule has 20 heavy (non-hydrogen) atoms. The zero-order valence-electron chi connectivity index (χ0n) is 11.3. The molecule has 5 heteroatoms. The summed E-state index contributed by atoms with van der Waals surface area (Å²) in [4.78, 5) is 18.0. The van der Waals surface area contributed by atoms with Crippen LogP contribution in [-0.2, 0) is 12.8 Å². The van der Waals surface area contributed by atoms with E-state index in [1.54, 1.807) is 30.4 Å². The molecule has 4 nitrogen and oxygen atoms in total. The molecule has 0 aliphatic heterocycles. The average Bonchev–Trinajstić information content (AvgIpc) is 2.83. The summed E-state index contributed by atoms with van der Waals surface area (Å²) >= 11 is 1.57. The Hall–Kier alpha value is -1.88. The first kappa shape index (κ1) is 13.1. The van der Waals surface area contributed by atoms with Gasteiger partial charge in [0.1, 0.15) is 5.75 Å². The number of amides is 1. The fourth-order valence-corrected chi connectivity index (χ4v) is 3.42. The third kappa shape index (κ3) is 2.54. The lowest BCUT2D eigenvalue weighted by Crippen LogP contribution is -2.11. The molecule has 0 atom stereocenters. The van der Waals surface area contributed by atoms with E-state index in [2.05, 4.69) is 10.3 Å². The van der Waals surface area contributed by atoms with Crippen LogP contribution in [0.4, 0.5) is 5.13 Å². The molecule has 0 unspecified atom stereocenters. The summed E-state index contributed by atoms with van der Waals surface area (Å²) < 4.78 is 0. The molecule has 1 aromatic carbocycles. The van der Waals surface area contributed by atoms with Gasteiger partial charge < -0.3 is 5.11 Å². The highest BCUT2D eigenvalue weighted by Gasteiger charge is 2.17. The molecule has 1 aliphatic carbocycles. The number of aryl methyl sites for hydroxylation is 3. The number of benzene rings is 1. The standard InChI is InChI=1S/C15H16N2O2S/c1-9-8-10(6-7-12(9)18)14(19)17-15-16-11-4-2-3-5-13(11)20-15/h6-8,18H,2-5H2,1H3,(H,16,17,19). The minimum atomic E-state index is -0.181. The maximum absolute atomic E-state index is 12.2. The Bertz CT molecular complexity index is 640. The number of aromatic hydroxyl groups is 1. The molecule has 0 radical (unpaired) electrons. The summed E-state index contributed by atoms with van der Waals surface area (Å²) in [5.74, 6) is 0.0189. The van der Waals surface area contributed by atoms with Gasteiger partial charge >= 0.3 is 0 Å². The van der Waals surface area contributed by atoms with Crippen molar-refractivity contribution in [2.75, 3.05) is 5.32 Å². The average molecular weight is 288 g/mol. The lowest BCUT2D eigenvalue weighted by Gasteiger charge is -2.06. The number of fused-ring (bicyclic) bond motifs is 1. The Balaban J connectivity index is 1.78. The number of hydrogen-bond acceptors (Lipinski definition) is 4. The monoisotopic (exact) mass is 288 g/mol. The molecule has 0 spiro atoms. The first-order chi connectivity index (χ1) is 9.63. The third-order valence-corrected chi connectivity index (χ3v) is 4.60. The van der Waals surface area contributed by atoms with E-state index in [4.69, 9.17) is 0 Å². The van der Waals surface area contributed by atoms with Crippen LogP contribution >= 0.6 is 11.3 Å². The highest BCUT2D eigenvalue weighted by molar-refractivity contribution is 7.15. The Labute approximate surface area is 121 Å². The normalized spacial score (nSPS) is 13.8. The molecule has 104 valence electrons. The molecule has 0 bridgehead atoms. The molecule has 0 fully saturated rings. The second-order valence-electron chi connectivity index (χ2n) is 5.05. The third-order valence-electron chi connectivity index (χ3n) is 3.53. The SMILES string of the molecule is Cc1cc(C(=O)Nc2nc3c(s2)CCCC3)ccc1O. The van der Waals surface area contributed by atoms with Crippen molar-refractivity contribution in [2.45, 2.75) is 32.6 Å². The number of nitrogens with one attached hydrogen (secondary N) is 1. The van der Waals surface area contributed by atoms with Crippen molar-refractivity contribution in [1.82, 2.24) is 4.98 Å². The summed E-state index contributed by atoms with van der Waals surface area (Å²) in [5, 5.41) is 13.0. The molecule has 1 aromatic heterocycles. The molecule has 2 N–H and O–H groups in total. The number of carbonyl (C=O) groups excluding carboxylic acids is 1. The van der Waals surface area contributed by atoms with Crippen molar-refractivity contribution in [3.05, 3.63) is 39.9 Å². The molecule has 3 rings (SSSR count). The van der Waals surface area contributed by atoms with E-state index in [1.807, 2.05) is 0 Å². The van der Waals surface area contributed by atoms with Crippen molar-refractivity contribution in [3.8, 4) is 5.75 Å². The molecule has 1 aliphatic rings. The summed E-state index contributed by atoms with van der Waals surface area (Å²) in [5.41, 5.74) is 2.36. The van der Waals surface area contributed by atoms with Crippen LogP contribution in [0.5, 0.6) is 5.75 Å². The molecule has 0 saturated heterocycles. The van der Waals surface area contributed by atoms with Crippen LogP contribution in [0.3, 0.4) is 0 Å². The van der Waals surface area contributed by atoms with Crippen molar-refractivity contribution >= 4 is 22.4 Å². The quantitative estimate of drug-likeness (QED) is 0.891. The molecule has 1 heterocycles. The van der Waals surface area contributed by atoms with Crippen molar-refractivity contribution in [2.24, 2.45) is 0 Å². The predicted octanol–water partition coefficient (Wildman–Crippen LogP) is 3.29. The lowest BCUT2D eigenvalue weighted by atomic mass is 10.0. The van der Waals surface area contributed by atoms with Gasteiger partial charge in [-0.1, -0.05) is 0 Å². The predicted molar refractivity (Wildman–Crippen MR) is 79.6 cm³/mol. The van der Waals surface area contributed by atoms with Gasteiger partial charge in [-0.25, -0.2) is 4.98 Å². The Morgan fingerprint density at radius 3 is 2.90 bits per heavy atom. The van der Waals surface area contributed by atoms with Crippen LogP contribution in [0.2, 0.25) is 0 Å². The molecular formula is C15H16N2O2S. The van der Waals surface area contributed by atoms with E-state index in [1.165, 1.54) is 23.8 Å². The van der Waals surface area contributed by atoms with Crippen molar-refractivity contribution in [1.29, 1.82) is 0 Å². The van der Waals surface area contributed by atoms with Gasteiger partial charge in [0.05, 0.1) is 5.69 Å². The van der Waals surface area contributed by atoms with E-state index in [0.717, 1.165) is 18.5 Å². The molecule has 1 amide bonds. The summed E-state index contributed by atoms with van der Waals surface area (Å²) in [6.07, 6.45) is 4.47. The van der Waals surface area contributed by atoms with Gasteiger partial charge in [-0.3, -0.25) is 10.1 Å². The highest BCUT2D eigenvalue weighted by atomic mass is 32.1. The number of nitrogens with zero attached hydrogens (tertiary/aromatic N) is 1. The largest absolute Gasteiger partial charge is 0.508 e.